The lowest BCUT2D eigenvalue weighted by atomic mass is 9.93. The molecular formula is C12H16N2OS. The van der Waals surface area contributed by atoms with Gasteiger partial charge >= 0.3 is 0 Å². The van der Waals surface area contributed by atoms with Gasteiger partial charge in [-0.25, -0.2) is 4.98 Å². The number of rotatable bonds is 0. The first-order valence-electron chi connectivity index (χ1n) is 5.63. The summed E-state index contributed by atoms with van der Waals surface area (Å²) in [5.74, 6) is 0. The third-order valence-electron chi connectivity index (χ3n) is 2.99. The molecule has 2 aromatic rings. The Labute approximate surface area is 99.1 Å². The van der Waals surface area contributed by atoms with E-state index >= 15 is 0 Å². The van der Waals surface area contributed by atoms with E-state index in [2.05, 4.69) is 31.4 Å². The molecule has 86 valence electrons. The van der Waals surface area contributed by atoms with Crippen molar-refractivity contribution in [2.24, 2.45) is 0 Å². The van der Waals surface area contributed by atoms with Crippen molar-refractivity contribution < 1.29 is 4.74 Å². The molecule has 3 rings (SSSR count). The molecular weight excluding hydrogens is 220 g/mol. The van der Waals surface area contributed by atoms with Gasteiger partial charge in [-0.15, -0.1) is 0 Å². The lowest BCUT2D eigenvalue weighted by molar-refractivity contribution is 0.112. The summed E-state index contributed by atoms with van der Waals surface area (Å²) in [7, 11) is 0. The molecule has 0 atom stereocenters. The summed E-state index contributed by atoms with van der Waals surface area (Å²) < 4.78 is 7.71. The summed E-state index contributed by atoms with van der Waals surface area (Å²) in [4.78, 5) is 7.17. The third-order valence-corrected chi connectivity index (χ3v) is 4.06. The van der Waals surface area contributed by atoms with Crippen LogP contribution in [0.15, 0.2) is 6.20 Å². The van der Waals surface area contributed by atoms with Crippen molar-refractivity contribution in [3.8, 4) is 0 Å². The fraction of sp³-hybridized carbons (Fsp3) is 0.583. The Morgan fingerprint density at radius 1 is 1.44 bits per heavy atom. The van der Waals surface area contributed by atoms with Crippen LogP contribution < -0.4 is 0 Å². The van der Waals surface area contributed by atoms with Gasteiger partial charge in [0.15, 0.2) is 4.96 Å². The van der Waals surface area contributed by atoms with Gasteiger partial charge in [-0.05, 0) is 0 Å². The molecule has 0 saturated carbocycles. The van der Waals surface area contributed by atoms with E-state index in [1.807, 2.05) is 0 Å². The van der Waals surface area contributed by atoms with Gasteiger partial charge in [0.05, 0.1) is 23.8 Å². The Morgan fingerprint density at radius 2 is 2.25 bits per heavy atom. The molecule has 4 heteroatoms. The zero-order valence-electron chi connectivity index (χ0n) is 9.91. The number of hydrogen-bond acceptors (Lipinski definition) is 3. The number of nitrogens with zero attached hydrogens (tertiary/aromatic N) is 2. The van der Waals surface area contributed by atoms with Gasteiger partial charge in [0.1, 0.15) is 0 Å². The normalized spacial score (nSPS) is 16.7. The number of ether oxygens (including phenoxy) is 1. The van der Waals surface area contributed by atoms with Crippen LogP contribution in [0.25, 0.3) is 4.96 Å². The molecule has 0 amide bonds. The van der Waals surface area contributed by atoms with Crippen molar-refractivity contribution in [1.29, 1.82) is 0 Å². The summed E-state index contributed by atoms with van der Waals surface area (Å²) in [6.07, 6.45) is 3.20. The topological polar surface area (TPSA) is 26.5 Å². The molecule has 0 spiro atoms. The monoisotopic (exact) mass is 236 g/mol. The minimum Gasteiger partial charge on any atom is -0.375 e. The highest BCUT2D eigenvalue weighted by molar-refractivity contribution is 7.17. The molecule has 0 bridgehead atoms. The van der Waals surface area contributed by atoms with E-state index in [1.54, 1.807) is 11.3 Å². The highest BCUT2D eigenvalue weighted by Crippen LogP contribution is 2.30. The van der Waals surface area contributed by atoms with E-state index in [9.17, 15) is 0 Å². The lowest BCUT2D eigenvalue weighted by Gasteiger charge is -2.15. The van der Waals surface area contributed by atoms with E-state index in [-0.39, 0.29) is 5.41 Å². The smallest absolute Gasteiger partial charge is 0.194 e. The molecule has 2 aromatic heterocycles. The summed E-state index contributed by atoms with van der Waals surface area (Å²) in [5.41, 5.74) is 2.70. The Kier molecular flexibility index (Phi) is 2.13. The third kappa shape index (κ3) is 1.48. The first kappa shape index (κ1) is 10.3. The molecule has 1 aliphatic rings. The maximum absolute atomic E-state index is 5.46. The van der Waals surface area contributed by atoms with Crippen LogP contribution in [0, 0.1) is 0 Å². The van der Waals surface area contributed by atoms with Crippen LogP contribution in [0.1, 0.15) is 37.0 Å². The number of imidazole rings is 1. The Balaban J connectivity index is 2.17. The predicted octanol–water partition coefficient (Wildman–Crippen LogP) is 2.77. The summed E-state index contributed by atoms with van der Waals surface area (Å²) in [6.45, 7) is 8.20. The van der Waals surface area contributed by atoms with Crippen LogP contribution in [0.4, 0.5) is 0 Å². The average Bonchev–Trinajstić information content (AvgIpc) is 2.72. The first-order chi connectivity index (χ1) is 7.55. The van der Waals surface area contributed by atoms with Crippen molar-refractivity contribution in [1.82, 2.24) is 9.38 Å². The molecule has 3 nitrogen and oxygen atoms in total. The molecule has 0 N–H and O–H groups in total. The molecule has 0 saturated heterocycles. The molecule has 0 fully saturated rings. The van der Waals surface area contributed by atoms with Crippen LogP contribution in [-0.4, -0.2) is 16.0 Å². The molecule has 1 aliphatic heterocycles. The second-order valence-electron chi connectivity index (χ2n) is 5.30. The predicted molar refractivity (Wildman–Crippen MR) is 65.1 cm³/mol. The number of aromatic nitrogens is 2. The molecule has 0 aliphatic carbocycles. The van der Waals surface area contributed by atoms with Gasteiger partial charge in [-0.3, -0.25) is 4.40 Å². The average molecular weight is 236 g/mol. The molecule has 0 aromatic carbocycles. The van der Waals surface area contributed by atoms with Crippen molar-refractivity contribution in [2.75, 3.05) is 6.61 Å². The SMILES string of the molecule is CC(C)(C)c1cn2c3c(sc2n1)COCC3. The highest BCUT2D eigenvalue weighted by Gasteiger charge is 2.22. The fourth-order valence-electron chi connectivity index (χ4n) is 2.00. The maximum atomic E-state index is 5.46. The Morgan fingerprint density at radius 3 is 3.00 bits per heavy atom. The van der Waals surface area contributed by atoms with E-state index in [4.69, 9.17) is 9.72 Å². The molecule has 3 heterocycles. The fourth-order valence-corrected chi connectivity index (χ4v) is 3.09. The second kappa shape index (κ2) is 3.31. The van der Waals surface area contributed by atoms with Gasteiger partial charge < -0.3 is 4.74 Å². The van der Waals surface area contributed by atoms with Crippen LogP contribution in [-0.2, 0) is 23.2 Å². The first-order valence-corrected chi connectivity index (χ1v) is 6.45. The lowest BCUT2D eigenvalue weighted by Crippen LogP contribution is -2.12. The standard InChI is InChI=1S/C12H16N2OS/c1-12(2,3)10-6-14-8-4-5-15-7-9(8)16-11(14)13-10/h6H,4-5,7H2,1-3H3. The summed E-state index contributed by atoms with van der Waals surface area (Å²) in [5, 5.41) is 0. The minimum absolute atomic E-state index is 0.129. The van der Waals surface area contributed by atoms with Gasteiger partial charge in [0.25, 0.3) is 0 Å². The number of hydrogen-bond donors (Lipinski definition) is 0. The van der Waals surface area contributed by atoms with Crippen LogP contribution in [0.2, 0.25) is 0 Å². The molecule has 0 unspecified atom stereocenters. The minimum atomic E-state index is 0.129. The highest BCUT2D eigenvalue weighted by atomic mass is 32.1. The van der Waals surface area contributed by atoms with E-state index < -0.39 is 0 Å². The zero-order valence-corrected chi connectivity index (χ0v) is 10.7. The van der Waals surface area contributed by atoms with Crippen LogP contribution in [0.3, 0.4) is 0 Å². The Hall–Kier alpha value is -0.870. The van der Waals surface area contributed by atoms with Gasteiger partial charge in [-0.2, -0.15) is 0 Å². The van der Waals surface area contributed by atoms with Gasteiger partial charge in [0, 0.05) is 23.7 Å². The Bertz CT molecular complexity index is 533. The summed E-state index contributed by atoms with van der Waals surface area (Å²) in [6, 6.07) is 0. The summed E-state index contributed by atoms with van der Waals surface area (Å²) >= 11 is 1.76. The molecule has 16 heavy (non-hydrogen) atoms. The van der Waals surface area contributed by atoms with Crippen LogP contribution >= 0.6 is 11.3 Å². The van der Waals surface area contributed by atoms with E-state index in [0.717, 1.165) is 24.6 Å². The van der Waals surface area contributed by atoms with Crippen LogP contribution in [0.5, 0.6) is 0 Å². The van der Waals surface area contributed by atoms with Crippen molar-refractivity contribution in [3.05, 3.63) is 22.5 Å². The number of thiazole rings is 1. The quantitative estimate of drug-likeness (QED) is 0.703. The van der Waals surface area contributed by atoms with E-state index in [0.29, 0.717) is 0 Å². The van der Waals surface area contributed by atoms with Crippen molar-refractivity contribution >= 4 is 16.3 Å². The van der Waals surface area contributed by atoms with Crippen molar-refractivity contribution in [3.63, 3.8) is 0 Å². The van der Waals surface area contributed by atoms with Crippen molar-refractivity contribution in [2.45, 2.75) is 39.2 Å². The van der Waals surface area contributed by atoms with E-state index in [1.165, 1.54) is 16.3 Å². The number of fused-ring (bicyclic) bond motifs is 3. The largest absolute Gasteiger partial charge is 0.375 e. The zero-order chi connectivity index (χ0) is 11.3. The molecule has 0 radical (unpaired) electrons. The van der Waals surface area contributed by atoms with Gasteiger partial charge in [-0.1, -0.05) is 32.1 Å². The second-order valence-corrected chi connectivity index (χ2v) is 6.37. The van der Waals surface area contributed by atoms with Gasteiger partial charge in [0.2, 0.25) is 0 Å². The maximum Gasteiger partial charge on any atom is 0.194 e.